The van der Waals surface area contributed by atoms with Crippen molar-refractivity contribution in [3.63, 3.8) is 0 Å². The highest BCUT2D eigenvalue weighted by molar-refractivity contribution is 7.10. The summed E-state index contributed by atoms with van der Waals surface area (Å²) >= 11 is 1.32. The predicted molar refractivity (Wildman–Crippen MR) is 49.1 cm³/mol. The van der Waals surface area contributed by atoms with Gasteiger partial charge in [-0.1, -0.05) is 6.07 Å². The summed E-state index contributed by atoms with van der Waals surface area (Å²) in [5.74, 6) is -0.622. The van der Waals surface area contributed by atoms with Crippen molar-refractivity contribution >= 4 is 17.2 Å². The monoisotopic (exact) mass is 201 g/mol. The molecule has 4 N–H and O–H groups in total. The maximum atomic E-state index is 10.4. The van der Waals surface area contributed by atoms with Crippen molar-refractivity contribution in [2.75, 3.05) is 0 Å². The van der Waals surface area contributed by atoms with E-state index in [2.05, 4.69) is 0 Å². The number of primary amides is 1. The summed E-state index contributed by atoms with van der Waals surface area (Å²) in [6, 6.07) is 3.46. The van der Waals surface area contributed by atoms with Gasteiger partial charge in [0.1, 0.15) is 6.10 Å². The lowest BCUT2D eigenvalue weighted by molar-refractivity contribution is -0.121. The lowest BCUT2D eigenvalue weighted by atomic mass is 10.1. The average Bonchev–Trinajstić information content (AvgIpc) is 2.53. The Morgan fingerprint density at radius 1 is 1.62 bits per heavy atom. The smallest absolute Gasteiger partial charge is 0.220 e. The minimum absolute atomic E-state index is 0.223. The number of hydrogen-bond acceptors (Lipinski definition) is 4. The Hall–Kier alpha value is -0.910. The van der Waals surface area contributed by atoms with Gasteiger partial charge in [0.15, 0.2) is 0 Å². The van der Waals surface area contributed by atoms with E-state index in [-0.39, 0.29) is 6.42 Å². The van der Waals surface area contributed by atoms with Gasteiger partial charge in [-0.25, -0.2) is 0 Å². The van der Waals surface area contributed by atoms with Gasteiger partial charge < -0.3 is 15.9 Å². The summed E-state index contributed by atoms with van der Waals surface area (Å²) in [6.45, 7) is 0. The molecular formula is C8H11NO3S. The van der Waals surface area contributed by atoms with E-state index in [9.17, 15) is 15.0 Å². The third-order valence-electron chi connectivity index (χ3n) is 1.61. The number of rotatable bonds is 4. The summed E-state index contributed by atoms with van der Waals surface area (Å²) in [7, 11) is 0. The fraction of sp³-hybridized carbons (Fsp3) is 0.375. The third-order valence-corrected chi connectivity index (χ3v) is 2.55. The Morgan fingerprint density at radius 2 is 2.31 bits per heavy atom. The first kappa shape index (κ1) is 10.2. The van der Waals surface area contributed by atoms with Crippen LogP contribution in [0.1, 0.15) is 17.4 Å². The largest absolute Gasteiger partial charge is 0.389 e. The van der Waals surface area contributed by atoms with E-state index >= 15 is 0 Å². The maximum absolute atomic E-state index is 10.4. The molecule has 0 spiro atoms. The summed E-state index contributed by atoms with van der Waals surface area (Å²) in [4.78, 5) is 11.1. The molecule has 2 atom stereocenters. The van der Waals surface area contributed by atoms with Crippen molar-refractivity contribution in [3.8, 4) is 0 Å². The van der Waals surface area contributed by atoms with Crippen LogP contribution in [-0.4, -0.2) is 22.2 Å². The molecule has 0 radical (unpaired) electrons. The lowest BCUT2D eigenvalue weighted by Crippen LogP contribution is -2.25. The standard InChI is InChI=1S/C8H11NO3S/c9-7(11)4-5(10)8(12)6-2-1-3-13-6/h1-3,5,8,10,12H,4H2,(H2,9,11). The van der Waals surface area contributed by atoms with E-state index in [0.29, 0.717) is 4.88 Å². The molecule has 2 unspecified atom stereocenters. The van der Waals surface area contributed by atoms with Crippen LogP contribution < -0.4 is 5.73 Å². The van der Waals surface area contributed by atoms with Crippen LogP contribution >= 0.6 is 11.3 Å². The SMILES string of the molecule is NC(=O)CC(O)C(O)c1cccs1. The first-order valence-corrected chi connectivity index (χ1v) is 4.67. The Morgan fingerprint density at radius 3 is 2.77 bits per heavy atom. The van der Waals surface area contributed by atoms with Crippen LogP contribution in [0.15, 0.2) is 17.5 Å². The van der Waals surface area contributed by atoms with E-state index in [1.807, 2.05) is 0 Å². The Balaban J connectivity index is 2.57. The molecular weight excluding hydrogens is 190 g/mol. The molecule has 1 rings (SSSR count). The van der Waals surface area contributed by atoms with Gasteiger partial charge in [-0.15, -0.1) is 11.3 Å². The Labute approximate surface area is 79.6 Å². The van der Waals surface area contributed by atoms with Crippen LogP contribution in [0.3, 0.4) is 0 Å². The average molecular weight is 201 g/mol. The molecule has 13 heavy (non-hydrogen) atoms. The summed E-state index contributed by atoms with van der Waals surface area (Å²) in [5.41, 5.74) is 4.88. The van der Waals surface area contributed by atoms with Gasteiger partial charge in [-0.05, 0) is 11.4 Å². The van der Waals surface area contributed by atoms with E-state index in [4.69, 9.17) is 5.73 Å². The molecule has 0 aliphatic heterocycles. The number of amides is 1. The molecule has 1 amide bonds. The zero-order valence-electron chi connectivity index (χ0n) is 6.88. The van der Waals surface area contributed by atoms with Crippen LogP contribution in [0.4, 0.5) is 0 Å². The molecule has 0 aliphatic carbocycles. The minimum atomic E-state index is -1.11. The van der Waals surface area contributed by atoms with E-state index in [1.54, 1.807) is 17.5 Å². The zero-order chi connectivity index (χ0) is 9.84. The second kappa shape index (κ2) is 4.36. The quantitative estimate of drug-likeness (QED) is 0.642. The van der Waals surface area contributed by atoms with Gasteiger partial charge in [0, 0.05) is 4.88 Å². The maximum Gasteiger partial charge on any atom is 0.220 e. The molecule has 0 saturated carbocycles. The van der Waals surface area contributed by atoms with Crippen LogP contribution in [0.5, 0.6) is 0 Å². The Bertz CT molecular complexity index is 273. The van der Waals surface area contributed by atoms with Gasteiger partial charge >= 0.3 is 0 Å². The molecule has 5 heteroatoms. The van der Waals surface area contributed by atoms with Crippen molar-refractivity contribution in [1.82, 2.24) is 0 Å². The van der Waals surface area contributed by atoms with Crippen LogP contribution in [0, 0.1) is 0 Å². The van der Waals surface area contributed by atoms with Crippen LogP contribution in [-0.2, 0) is 4.79 Å². The molecule has 1 aromatic heterocycles. The zero-order valence-corrected chi connectivity index (χ0v) is 7.70. The first-order chi connectivity index (χ1) is 6.11. The molecule has 4 nitrogen and oxygen atoms in total. The molecule has 0 saturated heterocycles. The number of nitrogens with two attached hydrogens (primary N) is 1. The molecule has 1 heterocycles. The lowest BCUT2D eigenvalue weighted by Gasteiger charge is -2.14. The Kier molecular flexibility index (Phi) is 3.41. The number of aliphatic hydroxyl groups excluding tert-OH is 2. The third kappa shape index (κ3) is 2.80. The number of aliphatic hydroxyl groups is 2. The molecule has 72 valence electrons. The predicted octanol–water partition coefficient (Wildman–Crippen LogP) is 0.0178. The van der Waals surface area contributed by atoms with Gasteiger partial charge in [-0.3, -0.25) is 4.79 Å². The fourth-order valence-corrected chi connectivity index (χ4v) is 1.73. The highest BCUT2D eigenvalue weighted by Crippen LogP contribution is 2.22. The number of carbonyl (C=O) groups is 1. The van der Waals surface area contributed by atoms with Gasteiger partial charge in [-0.2, -0.15) is 0 Å². The van der Waals surface area contributed by atoms with Gasteiger partial charge in [0.05, 0.1) is 12.5 Å². The van der Waals surface area contributed by atoms with Crippen LogP contribution in [0.2, 0.25) is 0 Å². The van der Waals surface area contributed by atoms with E-state index in [1.165, 1.54) is 11.3 Å². The number of carbonyl (C=O) groups excluding carboxylic acids is 1. The summed E-state index contributed by atoms with van der Waals surface area (Å²) in [6.07, 6.45) is -2.36. The van der Waals surface area contributed by atoms with Crippen molar-refractivity contribution in [3.05, 3.63) is 22.4 Å². The van der Waals surface area contributed by atoms with Gasteiger partial charge in [0.2, 0.25) is 5.91 Å². The summed E-state index contributed by atoms with van der Waals surface area (Å²) in [5, 5.41) is 20.6. The number of thiophene rings is 1. The minimum Gasteiger partial charge on any atom is -0.389 e. The van der Waals surface area contributed by atoms with E-state index < -0.39 is 18.1 Å². The number of hydrogen-bond donors (Lipinski definition) is 3. The van der Waals surface area contributed by atoms with Crippen molar-refractivity contribution < 1.29 is 15.0 Å². The molecule has 0 bridgehead atoms. The highest BCUT2D eigenvalue weighted by atomic mass is 32.1. The van der Waals surface area contributed by atoms with E-state index in [0.717, 1.165) is 0 Å². The van der Waals surface area contributed by atoms with Crippen LogP contribution in [0.25, 0.3) is 0 Å². The molecule has 0 aromatic carbocycles. The fourth-order valence-electron chi connectivity index (χ4n) is 0.967. The normalized spacial score (nSPS) is 15.2. The van der Waals surface area contributed by atoms with Gasteiger partial charge in [0.25, 0.3) is 0 Å². The molecule has 1 aromatic rings. The van der Waals surface area contributed by atoms with Crippen molar-refractivity contribution in [2.45, 2.75) is 18.6 Å². The first-order valence-electron chi connectivity index (χ1n) is 3.79. The second-order valence-corrected chi connectivity index (χ2v) is 3.68. The second-order valence-electron chi connectivity index (χ2n) is 2.70. The topological polar surface area (TPSA) is 83.6 Å². The molecule has 0 fully saturated rings. The van der Waals surface area contributed by atoms with Crippen molar-refractivity contribution in [1.29, 1.82) is 0 Å². The molecule has 0 aliphatic rings. The van der Waals surface area contributed by atoms with Crippen molar-refractivity contribution in [2.24, 2.45) is 5.73 Å². The highest BCUT2D eigenvalue weighted by Gasteiger charge is 2.20. The summed E-state index contributed by atoms with van der Waals surface area (Å²) < 4.78 is 0.